The van der Waals surface area contributed by atoms with E-state index >= 15 is 0 Å². The Bertz CT molecular complexity index is 1070. The minimum absolute atomic E-state index is 0.223. The van der Waals surface area contributed by atoms with Crippen molar-refractivity contribution in [3.63, 3.8) is 0 Å². The number of esters is 1. The van der Waals surface area contributed by atoms with E-state index in [1.165, 1.54) is 11.5 Å². The number of hydrogen-bond acceptors (Lipinski definition) is 7. The van der Waals surface area contributed by atoms with Gasteiger partial charge in [0.25, 0.3) is 0 Å². The Morgan fingerprint density at radius 2 is 1.91 bits per heavy atom. The zero-order valence-corrected chi connectivity index (χ0v) is 20.2. The first-order valence-corrected chi connectivity index (χ1v) is 11.1. The average molecular weight is 456 g/mol. The van der Waals surface area contributed by atoms with Crippen molar-refractivity contribution in [1.29, 1.82) is 0 Å². The number of methoxy groups -OCH3 is 1. The lowest BCUT2D eigenvalue weighted by atomic mass is 10.1. The van der Waals surface area contributed by atoms with Crippen molar-refractivity contribution in [2.24, 2.45) is 0 Å². The first-order valence-electron chi connectivity index (χ1n) is 11.1. The third-order valence-electron chi connectivity index (χ3n) is 5.44. The van der Waals surface area contributed by atoms with Gasteiger partial charge in [0.1, 0.15) is 5.75 Å². The molecule has 1 unspecified atom stereocenters. The predicted molar refractivity (Wildman–Crippen MR) is 127 cm³/mol. The molecule has 1 atom stereocenters. The molecule has 1 aromatic heterocycles. The number of allylic oxidation sites excluding steroid dienone is 1. The fraction of sp³-hybridized carbons (Fsp3) is 0.440. The molecule has 0 bridgehead atoms. The molecule has 33 heavy (non-hydrogen) atoms. The Kier molecular flexibility index (Phi) is 7.81. The van der Waals surface area contributed by atoms with E-state index in [9.17, 15) is 9.59 Å². The minimum atomic E-state index is -1.04. The van der Waals surface area contributed by atoms with E-state index in [-0.39, 0.29) is 6.04 Å². The summed E-state index contributed by atoms with van der Waals surface area (Å²) in [4.78, 5) is 29.6. The number of carbonyl (C=O) groups is 2. The van der Waals surface area contributed by atoms with Crippen molar-refractivity contribution >= 4 is 23.0 Å². The predicted octanol–water partition coefficient (Wildman–Crippen LogP) is 4.14. The molecule has 8 nitrogen and oxygen atoms in total. The van der Waals surface area contributed by atoms with E-state index < -0.39 is 18.4 Å². The Balaban J connectivity index is 1.75. The molecular formula is C25H33N3O5. The summed E-state index contributed by atoms with van der Waals surface area (Å²) >= 11 is 0. The van der Waals surface area contributed by atoms with Crippen molar-refractivity contribution in [3.8, 4) is 5.75 Å². The normalized spacial score (nSPS) is 14.5. The van der Waals surface area contributed by atoms with Gasteiger partial charge in [0.05, 0.1) is 18.2 Å². The molecule has 178 valence electrons. The van der Waals surface area contributed by atoms with Gasteiger partial charge < -0.3 is 24.0 Å². The maximum atomic E-state index is 13.0. The number of aromatic nitrogens is 1. The van der Waals surface area contributed by atoms with E-state index in [1.807, 2.05) is 57.3 Å². The van der Waals surface area contributed by atoms with Crippen LogP contribution in [-0.2, 0) is 20.7 Å². The number of hydrogen-bond donors (Lipinski definition) is 0. The van der Waals surface area contributed by atoms with Crippen molar-refractivity contribution in [1.82, 2.24) is 14.4 Å². The summed E-state index contributed by atoms with van der Waals surface area (Å²) in [5.74, 6) is 0.135. The molecule has 2 aromatic rings. The van der Waals surface area contributed by atoms with Crippen molar-refractivity contribution in [2.75, 3.05) is 27.7 Å². The molecule has 0 amide bonds. The molecule has 1 aliphatic heterocycles. The Morgan fingerprint density at radius 1 is 1.15 bits per heavy atom. The van der Waals surface area contributed by atoms with Crippen LogP contribution in [0.25, 0.3) is 10.9 Å². The monoisotopic (exact) mass is 455 g/mol. The topological polar surface area (TPSA) is 73.2 Å². The van der Waals surface area contributed by atoms with E-state index in [4.69, 9.17) is 14.2 Å². The van der Waals surface area contributed by atoms with E-state index in [0.717, 1.165) is 23.9 Å². The average Bonchev–Trinajstić information content (AvgIpc) is 3.15. The molecule has 0 aliphatic carbocycles. The second-order valence-corrected chi connectivity index (χ2v) is 8.60. The van der Waals surface area contributed by atoms with Crippen molar-refractivity contribution in [3.05, 3.63) is 54.0 Å². The lowest BCUT2D eigenvalue weighted by Gasteiger charge is -2.25. The van der Waals surface area contributed by atoms with Gasteiger partial charge in [0.2, 0.25) is 6.29 Å². The summed E-state index contributed by atoms with van der Waals surface area (Å²) in [6.45, 7) is 6.44. The van der Waals surface area contributed by atoms with Crippen LogP contribution in [0.1, 0.15) is 32.8 Å². The molecule has 0 radical (unpaired) electrons. The van der Waals surface area contributed by atoms with Crippen LogP contribution in [0.2, 0.25) is 0 Å². The zero-order valence-electron chi connectivity index (χ0n) is 20.2. The fourth-order valence-electron chi connectivity index (χ4n) is 3.58. The Morgan fingerprint density at radius 3 is 2.58 bits per heavy atom. The first kappa shape index (κ1) is 24.4. The van der Waals surface area contributed by atoms with Gasteiger partial charge in [0.15, 0.2) is 0 Å². The molecule has 0 fully saturated rings. The van der Waals surface area contributed by atoms with Gasteiger partial charge in [-0.25, -0.2) is 9.59 Å². The van der Waals surface area contributed by atoms with Gasteiger partial charge in [-0.05, 0) is 52.1 Å². The highest BCUT2D eigenvalue weighted by Gasteiger charge is 2.22. The van der Waals surface area contributed by atoms with Crippen LogP contribution in [0.5, 0.6) is 5.75 Å². The van der Waals surface area contributed by atoms with Crippen molar-refractivity contribution in [2.45, 2.75) is 45.9 Å². The van der Waals surface area contributed by atoms with Crippen LogP contribution in [-0.4, -0.2) is 66.5 Å². The molecule has 1 aromatic carbocycles. The molecular weight excluding hydrogens is 422 g/mol. The standard InChI is InChI=1S/C25H33N3O5/c1-17(2)27-12-7-8-20(15-27)24(29)32-18(3)33-25(30)28-16-19(11-13-26(4)5)22-10-9-21(31-6)14-23(22)28/h7,9-10,12,14-18H,8,11,13H2,1-6H3. The third kappa shape index (κ3) is 5.96. The summed E-state index contributed by atoms with van der Waals surface area (Å²) in [6.07, 6.45) is 6.97. The molecule has 0 saturated heterocycles. The molecule has 2 heterocycles. The molecule has 3 rings (SSSR count). The first-order chi connectivity index (χ1) is 15.7. The Labute approximate surface area is 195 Å². The maximum absolute atomic E-state index is 13.0. The van der Waals surface area contributed by atoms with Gasteiger partial charge in [-0.15, -0.1) is 0 Å². The molecule has 0 spiro atoms. The van der Waals surface area contributed by atoms with Crippen LogP contribution < -0.4 is 4.74 Å². The van der Waals surface area contributed by atoms with Crippen LogP contribution in [0.4, 0.5) is 4.79 Å². The summed E-state index contributed by atoms with van der Waals surface area (Å²) < 4.78 is 17.6. The second kappa shape index (κ2) is 10.6. The number of rotatable bonds is 8. The summed E-state index contributed by atoms with van der Waals surface area (Å²) in [5, 5.41) is 0.951. The van der Waals surface area contributed by atoms with Gasteiger partial charge >= 0.3 is 12.1 Å². The summed E-state index contributed by atoms with van der Waals surface area (Å²) in [6, 6.07) is 5.83. The summed E-state index contributed by atoms with van der Waals surface area (Å²) in [5.41, 5.74) is 2.21. The molecule has 0 N–H and O–H groups in total. The van der Waals surface area contributed by atoms with E-state index in [0.29, 0.717) is 23.3 Å². The third-order valence-corrected chi connectivity index (χ3v) is 5.44. The highest BCUT2D eigenvalue weighted by molar-refractivity contribution is 5.93. The number of ether oxygens (including phenoxy) is 3. The van der Waals surface area contributed by atoms with Gasteiger partial charge in [-0.3, -0.25) is 4.57 Å². The SMILES string of the molecule is COc1ccc2c(CCN(C)C)cn(C(=O)OC(C)OC(=O)C3=CN(C(C)C)C=CC3)c2c1. The molecule has 0 saturated carbocycles. The quantitative estimate of drug-likeness (QED) is 0.438. The second-order valence-electron chi connectivity index (χ2n) is 8.60. The fourth-order valence-corrected chi connectivity index (χ4v) is 3.58. The van der Waals surface area contributed by atoms with Crippen LogP contribution >= 0.6 is 0 Å². The highest BCUT2D eigenvalue weighted by Crippen LogP contribution is 2.27. The number of benzene rings is 1. The summed E-state index contributed by atoms with van der Waals surface area (Å²) in [7, 11) is 5.59. The number of likely N-dealkylation sites (N-methyl/N-ethyl adjacent to an activating group) is 1. The van der Waals surface area contributed by atoms with Crippen molar-refractivity contribution < 1.29 is 23.8 Å². The molecule has 8 heteroatoms. The van der Waals surface area contributed by atoms with Gasteiger partial charge in [-0.1, -0.05) is 6.08 Å². The lowest BCUT2D eigenvalue weighted by Crippen LogP contribution is -2.27. The lowest BCUT2D eigenvalue weighted by molar-refractivity contribution is -0.160. The van der Waals surface area contributed by atoms with E-state index in [2.05, 4.69) is 4.90 Å². The highest BCUT2D eigenvalue weighted by atomic mass is 16.7. The van der Waals surface area contributed by atoms with Gasteiger partial charge in [0, 0.05) is 56.0 Å². The zero-order chi connectivity index (χ0) is 24.1. The maximum Gasteiger partial charge on any atom is 0.421 e. The number of nitrogens with zero attached hydrogens (tertiary/aromatic N) is 3. The van der Waals surface area contributed by atoms with Crippen LogP contribution in [0, 0.1) is 0 Å². The smallest absolute Gasteiger partial charge is 0.421 e. The van der Waals surface area contributed by atoms with Crippen LogP contribution in [0.3, 0.4) is 0 Å². The molecule has 1 aliphatic rings. The Hall–Kier alpha value is -3.26. The van der Waals surface area contributed by atoms with E-state index in [1.54, 1.807) is 25.6 Å². The van der Waals surface area contributed by atoms with Gasteiger partial charge in [-0.2, -0.15) is 0 Å². The number of carbonyl (C=O) groups excluding carboxylic acids is 2. The van der Waals surface area contributed by atoms with Crippen LogP contribution in [0.15, 0.2) is 48.4 Å². The number of fused-ring (bicyclic) bond motifs is 1. The minimum Gasteiger partial charge on any atom is -0.497 e. The largest absolute Gasteiger partial charge is 0.497 e.